The molecule has 1 aromatic carbocycles. The molecule has 1 saturated heterocycles. The van der Waals surface area contributed by atoms with Crippen molar-refractivity contribution in [3.05, 3.63) is 57.2 Å². The fourth-order valence-corrected chi connectivity index (χ4v) is 4.26. The lowest BCUT2D eigenvalue weighted by Crippen LogP contribution is -2.45. The van der Waals surface area contributed by atoms with Gasteiger partial charge in [-0.3, -0.25) is 9.59 Å². The molecule has 1 fully saturated rings. The Labute approximate surface area is 163 Å². The fraction of sp³-hybridized carbons (Fsp3) is 0.400. The predicted molar refractivity (Wildman–Crippen MR) is 106 cm³/mol. The number of carbonyl (C=O) groups excluding carboxylic acids is 2. The number of carbonyl (C=O) groups is 2. The van der Waals surface area contributed by atoms with E-state index in [9.17, 15) is 9.59 Å². The van der Waals surface area contributed by atoms with Crippen LogP contribution in [-0.4, -0.2) is 29.8 Å². The van der Waals surface area contributed by atoms with Crippen LogP contribution in [0.1, 0.15) is 47.5 Å². The summed E-state index contributed by atoms with van der Waals surface area (Å²) in [6.45, 7) is 3.24. The number of thiophene rings is 1. The van der Waals surface area contributed by atoms with Crippen molar-refractivity contribution < 1.29 is 9.59 Å². The number of hydrogen-bond donors (Lipinski definition) is 1. The largest absolute Gasteiger partial charge is 0.349 e. The zero-order chi connectivity index (χ0) is 18.5. The molecule has 1 N–H and O–H groups in total. The predicted octanol–water partition coefficient (Wildman–Crippen LogP) is 4.52. The minimum atomic E-state index is -0.166. The number of likely N-dealkylation sites (tertiary alicyclic amines) is 1. The molecule has 2 unspecified atom stereocenters. The van der Waals surface area contributed by atoms with Crippen LogP contribution in [0.3, 0.4) is 0 Å². The molecule has 0 bridgehead atoms. The first kappa shape index (κ1) is 18.9. The zero-order valence-electron chi connectivity index (χ0n) is 14.8. The second-order valence-electron chi connectivity index (χ2n) is 6.59. The van der Waals surface area contributed by atoms with Crippen molar-refractivity contribution in [1.82, 2.24) is 10.2 Å². The van der Waals surface area contributed by atoms with Crippen LogP contribution in [0.4, 0.5) is 0 Å². The molecule has 1 aliphatic rings. The highest BCUT2D eigenvalue weighted by atomic mass is 35.5. The normalized spacial score (nSPS) is 18.4. The number of amides is 2. The minimum Gasteiger partial charge on any atom is -0.349 e. The molecule has 138 valence electrons. The number of nitrogens with zero attached hydrogens (tertiary/aromatic N) is 1. The van der Waals surface area contributed by atoms with Crippen molar-refractivity contribution in [2.75, 3.05) is 13.1 Å². The molecule has 2 heterocycles. The molecule has 2 aromatic rings. The third-order valence-electron chi connectivity index (χ3n) is 4.79. The summed E-state index contributed by atoms with van der Waals surface area (Å²) in [6.07, 6.45) is 2.45. The highest BCUT2D eigenvalue weighted by molar-refractivity contribution is 7.12. The Morgan fingerprint density at radius 2 is 2.19 bits per heavy atom. The number of halogens is 1. The molecule has 3 rings (SSSR count). The lowest BCUT2D eigenvalue weighted by Gasteiger charge is -2.32. The molecule has 1 aliphatic heterocycles. The zero-order valence-corrected chi connectivity index (χ0v) is 16.4. The first-order valence-electron chi connectivity index (χ1n) is 8.97. The van der Waals surface area contributed by atoms with E-state index in [1.807, 2.05) is 48.7 Å². The number of nitrogens with one attached hydrogen (secondary N) is 1. The summed E-state index contributed by atoms with van der Waals surface area (Å²) >= 11 is 7.52. The molecule has 26 heavy (non-hydrogen) atoms. The summed E-state index contributed by atoms with van der Waals surface area (Å²) in [5.74, 6) is -0.124. The third-order valence-corrected chi connectivity index (χ3v) is 5.88. The van der Waals surface area contributed by atoms with Gasteiger partial charge in [-0.15, -0.1) is 11.3 Å². The van der Waals surface area contributed by atoms with Gasteiger partial charge in [0.2, 0.25) is 5.91 Å². The molecule has 0 aliphatic carbocycles. The van der Waals surface area contributed by atoms with Gasteiger partial charge in [0.1, 0.15) is 0 Å². The Kier molecular flexibility index (Phi) is 6.33. The standard InChI is InChI=1S/C20H23ClN2O2S/c1-2-17(14-6-3-8-16(21)12-14)22-19(24)15-7-4-10-23(13-15)20(25)18-9-5-11-26-18/h3,5-6,8-9,11-12,15,17H,2,4,7,10,13H2,1H3,(H,22,24). The van der Waals surface area contributed by atoms with Gasteiger partial charge in [-0.1, -0.05) is 36.7 Å². The maximum atomic E-state index is 12.8. The van der Waals surface area contributed by atoms with E-state index in [1.54, 1.807) is 4.90 Å². The van der Waals surface area contributed by atoms with Gasteiger partial charge in [0.25, 0.3) is 5.91 Å². The van der Waals surface area contributed by atoms with Gasteiger partial charge in [0.05, 0.1) is 16.8 Å². The summed E-state index contributed by atoms with van der Waals surface area (Å²) in [6, 6.07) is 11.2. The smallest absolute Gasteiger partial charge is 0.263 e. The van der Waals surface area contributed by atoms with E-state index in [-0.39, 0.29) is 23.8 Å². The van der Waals surface area contributed by atoms with E-state index in [0.717, 1.165) is 29.7 Å². The first-order valence-corrected chi connectivity index (χ1v) is 10.2. The van der Waals surface area contributed by atoms with Crippen LogP contribution in [0.5, 0.6) is 0 Å². The van der Waals surface area contributed by atoms with Gasteiger partial charge in [0, 0.05) is 18.1 Å². The van der Waals surface area contributed by atoms with Gasteiger partial charge in [-0.05, 0) is 48.4 Å². The summed E-state index contributed by atoms with van der Waals surface area (Å²) in [5.41, 5.74) is 1.01. The summed E-state index contributed by atoms with van der Waals surface area (Å²) in [4.78, 5) is 27.9. The number of hydrogen-bond acceptors (Lipinski definition) is 3. The van der Waals surface area contributed by atoms with Gasteiger partial charge in [0.15, 0.2) is 0 Å². The van der Waals surface area contributed by atoms with E-state index >= 15 is 0 Å². The van der Waals surface area contributed by atoms with Crippen molar-refractivity contribution >= 4 is 34.8 Å². The third kappa shape index (κ3) is 4.46. The van der Waals surface area contributed by atoms with Crippen LogP contribution < -0.4 is 5.32 Å². The molecular formula is C20H23ClN2O2S. The quantitative estimate of drug-likeness (QED) is 0.815. The van der Waals surface area contributed by atoms with E-state index in [1.165, 1.54) is 11.3 Å². The van der Waals surface area contributed by atoms with Crippen LogP contribution in [0.2, 0.25) is 5.02 Å². The van der Waals surface area contributed by atoms with Crippen molar-refractivity contribution in [2.45, 2.75) is 32.2 Å². The first-order chi connectivity index (χ1) is 12.6. The maximum absolute atomic E-state index is 12.8. The van der Waals surface area contributed by atoms with Gasteiger partial charge in [-0.2, -0.15) is 0 Å². The van der Waals surface area contributed by atoms with Crippen LogP contribution in [0.25, 0.3) is 0 Å². The Hall–Kier alpha value is -1.85. The Morgan fingerprint density at radius 3 is 2.88 bits per heavy atom. The monoisotopic (exact) mass is 390 g/mol. The SMILES string of the molecule is CCC(NC(=O)C1CCCN(C(=O)c2cccs2)C1)c1cccc(Cl)c1. The number of piperidine rings is 1. The second-order valence-corrected chi connectivity index (χ2v) is 7.98. The maximum Gasteiger partial charge on any atom is 0.263 e. The molecule has 0 spiro atoms. The van der Waals surface area contributed by atoms with Crippen LogP contribution >= 0.6 is 22.9 Å². The van der Waals surface area contributed by atoms with Gasteiger partial charge >= 0.3 is 0 Å². The molecular weight excluding hydrogens is 368 g/mol. The number of benzene rings is 1. The molecule has 2 atom stereocenters. The summed E-state index contributed by atoms with van der Waals surface area (Å²) in [5, 5.41) is 5.71. The summed E-state index contributed by atoms with van der Waals surface area (Å²) < 4.78 is 0. The molecule has 2 amide bonds. The van der Waals surface area contributed by atoms with E-state index in [2.05, 4.69) is 5.32 Å². The van der Waals surface area contributed by atoms with E-state index < -0.39 is 0 Å². The Bertz CT molecular complexity index is 763. The Morgan fingerprint density at radius 1 is 1.35 bits per heavy atom. The average Bonchev–Trinajstić information content (AvgIpc) is 3.20. The van der Waals surface area contributed by atoms with Gasteiger partial charge < -0.3 is 10.2 Å². The summed E-state index contributed by atoms with van der Waals surface area (Å²) in [7, 11) is 0. The average molecular weight is 391 g/mol. The van der Waals surface area contributed by atoms with E-state index in [4.69, 9.17) is 11.6 Å². The van der Waals surface area contributed by atoms with Crippen molar-refractivity contribution in [3.8, 4) is 0 Å². The van der Waals surface area contributed by atoms with Crippen LogP contribution in [-0.2, 0) is 4.79 Å². The highest BCUT2D eigenvalue weighted by Crippen LogP contribution is 2.24. The van der Waals surface area contributed by atoms with Crippen LogP contribution in [0.15, 0.2) is 41.8 Å². The van der Waals surface area contributed by atoms with Crippen molar-refractivity contribution in [1.29, 1.82) is 0 Å². The van der Waals surface area contributed by atoms with Crippen molar-refractivity contribution in [2.24, 2.45) is 5.92 Å². The molecule has 0 radical (unpaired) electrons. The molecule has 6 heteroatoms. The van der Waals surface area contributed by atoms with E-state index in [0.29, 0.717) is 18.1 Å². The fourth-order valence-electron chi connectivity index (χ4n) is 3.37. The highest BCUT2D eigenvalue weighted by Gasteiger charge is 2.30. The van der Waals surface area contributed by atoms with Gasteiger partial charge in [-0.25, -0.2) is 0 Å². The van der Waals surface area contributed by atoms with Crippen LogP contribution in [0, 0.1) is 5.92 Å². The Balaban J connectivity index is 1.64. The van der Waals surface area contributed by atoms with Crippen molar-refractivity contribution in [3.63, 3.8) is 0 Å². The lowest BCUT2D eigenvalue weighted by atomic mass is 9.95. The number of rotatable bonds is 5. The second kappa shape index (κ2) is 8.69. The molecule has 0 saturated carbocycles. The molecule has 4 nitrogen and oxygen atoms in total. The topological polar surface area (TPSA) is 49.4 Å². The minimum absolute atomic E-state index is 0.0144. The molecule has 1 aromatic heterocycles. The lowest BCUT2D eigenvalue weighted by molar-refractivity contribution is -0.127.